The number of benzene rings is 2. The van der Waals surface area contributed by atoms with Gasteiger partial charge in [-0.3, -0.25) is 19.6 Å². The lowest BCUT2D eigenvalue weighted by atomic mass is 9.89. The Bertz CT molecular complexity index is 1200. The lowest BCUT2D eigenvalue weighted by Gasteiger charge is -2.39. The SMILES string of the molecule is CC(=O)N1c2ccc(-c3ccc(NC(=O)CCCCCCC(=O)NO)cc3)cc2[C@H](NC(=O)OC(C)C)C[C@@H]1C. The molecule has 1 heterocycles. The van der Waals surface area contributed by atoms with Crippen molar-refractivity contribution in [3.05, 3.63) is 48.0 Å². The van der Waals surface area contributed by atoms with Crippen molar-refractivity contribution in [2.45, 2.75) is 90.8 Å². The summed E-state index contributed by atoms with van der Waals surface area (Å²) in [5.41, 5.74) is 5.78. The molecule has 2 aromatic rings. The molecular weight excluding hydrogens is 512 g/mol. The van der Waals surface area contributed by atoms with Gasteiger partial charge >= 0.3 is 6.09 Å². The highest BCUT2D eigenvalue weighted by atomic mass is 16.6. The molecule has 10 heteroatoms. The zero-order chi connectivity index (χ0) is 29.2. The van der Waals surface area contributed by atoms with Gasteiger partial charge in [-0.15, -0.1) is 0 Å². The van der Waals surface area contributed by atoms with Gasteiger partial charge in [-0.1, -0.05) is 31.0 Å². The van der Waals surface area contributed by atoms with E-state index in [1.165, 1.54) is 0 Å². The fourth-order valence-corrected chi connectivity index (χ4v) is 5.00. The Balaban J connectivity index is 1.66. The Morgan fingerprint density at radius 3 is 2.17 bits per heavy atom. The van der Waals surface area contributed by atoms with Gasteiger partial charge in [0.05, 0.1) is 12.1 Å². The van der Waals surface area contributed by atoms with E-state index in [1.807, 2.05) is 49.4 Å². The van der Waals surface area contributed by atoms with Gasteiger partial charge in [-0.05, 0) is 81.0 Å². The van der Waals surface area contributed by atoms with Crippen LogP contribution in [0.3, 0.4) is 0 Å². The Kier molecular flexibility index (Phi) is 11.1. The quantitative estimate of drug-likeness (QED) is 0.166. The number of hydroxylamine groups is 1. The van der Waals surface area contributed by atoms with E-state index in [9.17, 15) is 19.2 Å². The first-order valence-corrected chi connectivity index (χ1v) is 13.8. The molecule has 0 spiro atoms. The number of nitrogens with one attached hydrogen (secondary N) is 3. The molecule has 1 aliphatic rings. The second kappa shape index (κ2) is 14.5. The lowest BCUT2D eigenvalue weighted by Crippen LogP contribution is -2.45. The normalized spacial score (nSPS) is 16.2. The smallest absolute Gasteiger partial charge is 0.407 e. The second-order valence-electron chi connectivity index (χ2n) is 10.5. The van der Waals surface area contributed by atoms with Gasteiger partial charge in [-0.2, -0.15) is 0 Å². The molecule has 40 heavy (non-hydrogen) atoms. The number of hydrogen-bond donors (Lipinski definition) is 4. The average Bonchev–Trinajstić information content (AvgIpc) is 2.90. The number of hydrogen-bond acceptors (Lipinski definition) is 6. The largest absolute Gasteiger partial charge is 0.447 e. The number of carbonyl (C=O) groups is 4. The van der Waals surface area contributed by atoms with Crippen LogP contribution in [-0.2, 0) is 19.1 Å². The molecule has 0 aromatic heterocycles. The molecule has 1 aliphatic heterocycles. The number of ether oxygens (including phenoxy) is 1. The molecule has 0 radical (unpaired) electrons. The highest BCUT2D eigenvalue weighted by Crippen LogP contribution is 2.39. The van der Waals surface area contributed by atoms with Gasteiger partial charge in [0.15, 0.2) is 0 Å². The molecule has 2 atom stereocenters. The molecule has 3 rings (SSSR count). The number of fused-ring (bicyclic) bond motifs is 1. The van der Waals surface area contributed by atoms with Crippen LogP contribution in [0.2, 0.25) is 0 Å². The highest BCUT2D eigenvalue weighted by molar-refractivity contribution is 5.94. The number of unbranched alkanes of at least 4 members (excludes halogenated alkanes) is 3. The predicted molar refractivity (Wildman–Crippen MR) is 153 cm³/mol. The predicted octanol–water partition coefficient (Wildman–Crippen LogP) is 5.46. The number of alkyl carbamates (subject to hydrolysis) is 1. The standard InChI is InChI=1S/C30H40N4O6/c1-19(2)40-30(38)32-26-17-20(3)34(21(4)35)27-16-13-23(18-25(26)27)22-11-14-24(15-12-22)31-28(36)9-7-5-6-8-10-29(37)33-39/h11-16,18-20,26,39H,5-10,17H2,1-4H3,(H,31,36)(H,32,38)(H,33,37)/t20-,26+/m0/s1. The Labute approximate surface area is 235 Å². The molecule has 0 saturated heterocycles. The molecular formula is C30H40N4O6. The Morgan fingerprint density at radius 1 is 0.950 bits per heavy atom. The van der Waals surface area contributed by atoms with Crippen LogP contribution in [-0.4, -0.2) is 41.2 Å². The van der Waals surface area contributed by atoms with E-state index >= 15 is 0 Å². The monoisotopic (exact) mass is 552 g/mol. The number of nitrogens with zero attached hydrogens (tertiary/aromatic N) is 1. The van der Waals surface area contributed by atoms with Crippen molar-refractivity contribution in [2.24, 2.45) is 0 Å². The van der Waals surface area contributed by atoms with Gasteiger partial charge < -0.3 is 20.3 Å². The third-order valence-corrected chi connectivity index (χ3v) is 6.84. The molecule has 10 nitrogen and oxygen atoms in total. The van der Waals surface area contributed by atoms with Gasteiger partial charge in [0.1, 0.15) is 0 Å². The molecule has 2 aromatic carbocycles. The molecule has 4 N–H and O–H groups in total. The molecule has 4 amide bonds. The van der Waals surface area contributed by atoms with E-state index in [0.717, 1.165) is 41.6 Å². The van der Waals surface area contributed by atoms with E-state index < -0.39 is 12.0 Å². The van der Waals surface area contributed by atoms with Crippen molar-refractivity contribution in [3.63, 3.8) is 0 Å². The maximum atomic E-state index is 12.4. The van der Waals surface area contributed by atoms with Gasteiger partial charge in [0.25, 0.3) is 0 Å². The summed E-state index contributed by atoms with van der Waals surface area (Å²) in [7, 11) is 0. The summed E-state index contributed by atoms with van der Waals surface area (Å²) < 4.78 is 5.30. The summed E-state index contributed by atoms with van der Waals surface area (Å²) in [6.07, 6.45) is 3.51. The summed E-state index contributed by atoms with van der Waals surface area (Å²) in [6.45, 7) is 7.10. The van der Waals surface area contributed by atoms with Crippen LogP contribution >= 0.6 is 0 Å². The van der Waals surface area contributed by atoms with Crippen molar-refractivity contribution in [3.8, 4) is 11.1 Å². The van der Waals surface area contributed by atoms with E-state index in [4.69, 9.17) is 9.94 Å². The van der Waals surface area contributed by atoms with Gasteiger partial charge in [-0.25, -0.2) is 10.3 Å². The second-order valence-corrected chi connectivity index (χ2v) is 10.5. The summed E-state index contributed by atoms with van der Waals surface area (Å²) in [4.78, 5) is 49.9. The molecule has 0 saturated carbocycles. The van der Waals surface area contributed by atoms with Gasteiger partial charge in [0.2, 0.25) is 17.7 Å². The number of amides is 4. The molecule has 0 bridgehead atoms. The van der Waals surface area contributed by atoms with Crippen LogP contribution in [0.5, 0.6) is 0 Å². The summed E-state index contributed by atoms with van der Waals surface area (Å²) >= 11 is 0. The Morgan fingerprint density at radius 2 is 1.57 bits per heavy atom. The van der Waals surface area contributed by atoms with Crippen LogP contribution < -0.4 is 21.0 Å². The van der Waals surface area contributed by atoms with Crippen LogP contribution in [0.25, 0.3) is 11.1 Å². The van der Waals surface area contributed by atoms with E-state index in [1.54, 1.807) is 31.2 Å². The van der Waals surface area contributed by atoms with Crippen molar-refractivity contribution in [2.75, 3.05) is 10.2 Å². The third kappa shape index (κ3) is 8.54. The molecule has 0 unspecified atom stereocenters. The summed E-state index contributed by atoms with van der Waals surface area (Å²) in [6, 6.07) is 13.0. The maximum Gasteiger partial charge on any atom is 0.407 e. The first-order valence-electron chi connectivity index (χ1n) is 13.8. The van der Waals surface area contributed by atoms with Crippen LogP contribution in [0, 0.1) is 0 Å². The molecule has 0 aliphatic carbocycles. The van der Waals surface area contributed by atoms with E-state index in [0.29, 0.717) is 24.9 Å². The minimum Gasteiger partial charge on any atom is -0.447 e. The lowest BCUT2D eigenvalue weighted by molar-refractivity contribution is -0.129. The summed E-state index contributed by atoms with van der Waals surface area (Å²) in [5, 5.41) is 14.4. The van der Waals surface area contributed by atoms with Crippen molar-refractivity contribution in [1.29, 1.82) is 0 Å². The topological polar surface area (TPSA) is 137 Å². The van der Waals surface area contributed by atoms with Gasteiger partial charge in [0, 0.05) is 37.2 Å². The summed E-state index contributed by atoms with van der Waals surface area (Å²) in [5.74, 6) is -0.527. The zero-order valence-electron chi connectivity index (χ0n) is 23.7. The number of anilines is 2. The van der Waals surface area contributed by atoms with Crippen molar-refractivity contribution >= 4 is 35.2 Å². The van der Waals surface area contributed by atoms with Crippen molar-refractivity contribution in [1.82, 2.24) is 10.8 Å². The first kappa shape index (κ1) is 30.6. The number of carbonyl (C=O) groups excluding carboxylic acids is 4. The maximum absolute atomic E-state index is 12.4. The van der Waals surface area contributed by atoms with E-state index in [2.05, 4.69) is 10.6 Å². The number of rotatable bonds is 11. The third-order valence-electron chi connectivity index (χ3n) is 6.84. The highest BCUT2D eigenvalue weighted by Gasteiger charge is 2.33. The van der Waals surface area contributed by atoms with Crippen LogP contribution in [0.1, 0.15) is 84.2 Å². The van der Waals surface area contributed by atoms with Crippen LogP contribution in [0.15, 0.2) is 42.5 Å². The van der Waals surface area contributed by atoms with E-state index in [-0.39, 0.29) is 36.4 Å². The zero-order valence-corrected chi connectivity index (χ0v) is 23.7. The van der Waals surface area contributed by atoms with Crippen LogP contribution in [0.4, 0.5) is 16.2 Å². The molecule has 216 valence electrons. The fourth-order valence-electron chi connectivity index (χ4n) is 5.00. The Hall–Kier alpha value is -3.92. The minimum atomic E-state index is -0.492. The fraction of sp³-hybridized carbons (Fsp3) is 0.467. The first-order chi connectivity index (χ1) is 19.1. The average molecular weight is 553 g/mol. The van der Waals surface area contributed by atoms with Crippen molar-refractivity contribution < 1.29 is 29.1 Å². The minimum absolute atomic E-state index is 0.0566. The molecule has 0 fully saturated rings.